The Labute approximate surface area is 286 Å². The van der Waals surface area contributed by atoms with Crippen molar-refractivity contribution < 1.29 is 31.7 Å². The number of rotatable bonds is 13. The highest BCUT2D eigenvalue weighted by atomic mass is 32.2. The lowest BCUT2D eigenvalue weighted by Gasteiger charge is -2.18. The first-order chi connectivity index (χ1) is 23.3. The van der Waals surface area contributed by atoms with Crippen LogP contribution < -0.4 is 10.1 Å². The number of nitrogens with zero attached hydrogens (tertiary/aromatic N) is 1. The molecule has 10 heteroatoms. The predicted octanol–water partition coefficient (Wildman–Crippen LogP) is 8.38. The highest BCUT2D eigenvalue weighted by molar-refractivity contribution is 7.85. The second-order valence-corrected chi connectivity index (χ2v) is 14.6. The zero-order valence-corrected chi connectivity index (χ0v) is 28.8. The Morgan fingerprint density at radius 3 is 2.29 bits per heavy atom. The number of benzene rings is 4. The van der Waals surface area contributed by atoms with Crippen LogP contribution in [0.5, 0.6) is 5.75 Å². The zero-order valence-electron chi connectivity index (χ0n) is 28.0. The smallest absolute Gasteiger partial charge is 0.264 e. The number of carbonyl (C=O) groups excluding carboxylic acids is 2. The third-order valence-electron chi connectivity index (χ3n) is 7.95. The van der Waals surface area contributed by atoms with Gasteiger partial charge in [-0.2, -0.15) is 8.42 Å². The minimum atomic E-state index is -4.12. The molecule has 1 aromatic heterocycles. The van der Waals surface area contributed by atoms with E-state index < -0.39 is 21.8 Å². The number of aromatic nitrogens is 1. The number of methoxy groups -OCH3 is 1. The predicted molar refractivity (Wildman–Crippen MR) is 192 cm³/mol. The van der Waals surface area contributed by atoms with Crippen LogP contribution in [0.3, 0.4) is 0 Å². The van der Waals surface area contributed by atoms with Crippen molar-refractivity contribution in [3.63, 3.8) is 0 Å². The van der Waals surface area contributed by atoms with Crippen molar-refractivity contribution >= 4 is 44.7 Å². The number of amides is 1. The Balaban J connectivity index is 1.33. The number of Topliss-reactive ketones (excluding diaryl/α,β-unsaturated/α-hetero) is 1. The van der Waals surface area contributed by atoms with E-state index in [4.69, 9.17) is 13.7 Å². The number of hydrogen-bond acceptors (Lipinski definition) is 7. The third-order valence-corrected chi connectivity index (χ3v) is 8.75. The summed E-state index contributed by atoms with van der Waals surface area (Å²) >= 11 is 0. The summed E-state index contributed by atoms with van der Waals surface area (Å²) in [4.78, 5) is 31.0. The summed E-state index contributed by atoms with van der Waals surface area (Å²) in [5.41, 5.74) is 5.91. The Kier molecular flexibility index (Phi) is 10.8. The van der Waals surface area contributed by atoms with Gasteiger partial charge in [0.25, 0.3) is 10.1 Å². The average Bonchev–Trinajstić information content (AvgIpc) is 3.50. The van der Waals surface area contributed by atoms with Crippen LogP contribution >= 0.6 is 0 Å². The molecular weight excluding hydrogens is 641 g/mol. The van der Waals surface area contributed by atoms with Crippen LogP contribution in [0.4, 0.5) is 5.69 Å². The normalized spacial score (nSPS) is 12.7. The number of carbonyl (C=O) groups is 2. The molecule has 0 aliphatic rings. The molecule has 0 saturated carbocycles. The molecule has 0 aliphatic heterocycles. The van der Waals surface area contributed by atoms with Crippen LogP contribution in [-0.2, 0) is 21.3 Å². The average molecular weight is 681 g/mol. The van der Waals surface area contributed by atoms with E-state index in [0.717, 1.165) is 22.3 Å². The minimum Gasteiger partial charge on any atom is -0.497 e. The number of fused-ring (bicyclic) bond motifs is 1. The molecule has 1 atom stereocenters. The number of ether oxygens (including phenoxy) is 1. The fraction of sp³-hybridized carbons (Fsp3) is 0.256. The van der Waals surface area contributed by atoms with Gasteiger partial charge in [-0.25, -0.2) is 4.98 Å². The molecule has 4 aromatic carbocycles. The number of anilines is 1. The first-order valence-corrected chi connectivity index (χ1v) is 17.6. The van der Waals surface area contributed by atoms with E-state index in [2.05, 4.69) is 43.2 Å². The zero-order chi connectivity index (χ0) is 35.2. The summed E-state index contributed by atoms with van der Waals surface area (Å²) < 4.78 is 42.1. The number of ketones is 1. The van der Waals surface area contributed by atoms with Gasteiger partial charge in [0.1, 0.15) is 11.3 Å². The molecule has 2 N–H and O–H groups in total. The fourth-order valence-corrected chi connectivity index (χ4v) is 5.76. The largest absolute Gasteiger partial charge is 0.497 e. The summed E-state index contributed by atoms with van der Waals surface area (Å²) in [6, 6.07) is 27.6. The van der Waals surface area contributed by atoms with E-state index in [9.17, 15) is 18.0 Å². The van der Waals surface area contributed by atoms with E-state index in [-0.39, 0.29) is 29.9 Å². The summed E-state index contributed by atoms with van der Waals surface area (Å²) in [6.45, 7) is 6.40. The number of hydrogen-bond donors (Lipinski definition) is 2. The highest BCUT2D eigenvalue weighted by Gasteiger charge is 2.22. The van der Waals surface area contributed by atoms with E-state index >= 15 is 0 Å². The van der Waals surface area contributed by atoms with Crippen LogP contribution in [0, 0.1) is 5.41 Å². The van der Waals surface area contributed by atoms with Gasteiger partial charge in [-0.1, -0.05) is 81.5 Å². The van der Waals surface area contributed by atoms with Crippen LogP contribution in [-0.4, -0.2) is 42.5 Å². The molecule has 5 aromatic rings. The van der Waals surface area contributed by atoms with Gasteiger partial charge < -0.3 is 14.5 Å². The summed E-state index contributed by atoms with van der Waals surface area (Å²) in [7, 11) is -2.52. The Morgan fingerprint density at radius 1 is 0.959 bits per heavy atom. The Morgan fingerprint density at radius 2 is 1.65 bits per heavy atom. The Bertz CT molecular complexity index is 2060. The number of nitrogens with one attached hydrogen (secondary N) is 1. The molecule has 9 nitrogen and oxygen atoms in total. The van der Waals surface area contributed by atoms with Gasteiger partial charge in [-0.15, -0.1) is 0 Å². The lowest BCUT2D eigenvalue weighted by atomic mass is 9.89. The second-order valence-electron chi connectivity index (χ2n) is 13.1. The van der Waals surface area contributed by atoms with Crippen LogP contribution in [0.1, 0.15) is 66.6 Å². The molecule has 254 valence electrons. The number of oxazole rings is 1. The van der Waals surface area contributed by atoms with E-state index in [1.54, 1.807) is 31.4 Å². The third kappa shape index (κ3) is 9.98. The van der Waals surface area contributed by atoms with Gasteiger partial charge in [0.05, 0.1) is 18.8 Å². The topological polar surface area (TPSA) is 136 Å². The fourth-order valence-electron chi connectivity index (χ4n) is 5.25. The van der Waals surface area contributed by atoms with Crippen molar-refractivity contribution in [3.8, 4) is 17.2 Å². The lowest BCUT2D eigenvalue weighted by Crippen LogP contribution is -2.23. The van der Waals surface area contributed by atoms with E-state index in [1.165, 1.54) is 0 Å². The monoisotopic (exact) mass is 680 g/mol. The Hall–Kier alpha value is -5.06. The van der Waals surface area contributed by atoms with Crippen LogP contribution in [0.25, 0.3) is 28.6 Å². The maximum absolute atomic E-state index is 13.9. The van der Waals surface area contributed by atoms with Gasteiger partial charge in [0.2, 0.25) is 11.8 Å². The van der Waals surface area contributed by atoms with Crippen molar-refractivity contribution in [2.24, 2.45) is 5.41 Å². The molecule has 5 rings (SSSR count). The molecule has 0 fully saturated rings. The summed E-state index contributed by atoms with van der Waals surface area (Å²) in [5, 5.41) is 3.06. The molecule has 1 amide bonds. The SMILES string of the molecule is COc1ccc2oc(-c3ccc(NC(=O)C(Cc4ccc(C(=O)CCCS(=O)(=O)O)cc4)c4ccc(/C=C/C(C)(C)C)cc4)cc3)nc2c1. The van der Waals surface area contributed by atoms with Crippen molar-refractivity contribution in [1.82, 2.24) is 4.98 Å². The van der Waals surface area contributed by atoms with Gasteiger partial charge in [0.15, 0.2) is 11.4 Å². The van der Waals surface area contributed by atoms with E-state index in [0.29, 0.717) is 40.4 Å². The molecule has 1 heterocycles. The molecule has 0 saturated heterocycles. The molecule has 0 bridgehead atoms. The first kappa shape index (κ1) is 35.3. The molecule has 49 heavy (non-hydrogen) atoms. The maximum Gasteiger partial charge on any atom is 0.264 e. The van der Waals surface area contributed by atoms with Gasteiger partial charge in [-0.3, -0.25) is 14.1 Å². The van der Waals surface area contributed by atoms with Gasteiger partial charge in [0, 0.05) is 29.3 Å². The van der Waals surface area contributed by atoms with Crippen LogP contribution in [0.15, 0.2) is 101 Å². The molecule has 1 unspecified atom stereocenters. The van der Waals surface area contributed by atoms with Crippen molar-refractivity contribution in [2.45, 2.75) is 46.0 Å². The van der Waals surface area contributed by atoms with E-state index in [1.807, 2.05) is 66.7 Å². The van der Waals surface area contributed by atoms with Crippen molar-refractivity contribution in [2.75, 3.05) is 18.2 Å². The van der Waals surface area contributed by atoms with Crippen molar-refractivity contribution in [3.05, 3.63) is 119 Å². The summed E-state index contributed by atoms with van der Waals surface area (Å²) in [6.07, 6.45) is 4.62. The number of allylic oxidation sites excluding steroid dienone is 1. The second kappa shape index (κ2) is 15.0. The minimum absolute atomic E-state index is 0.000119. The maximum atomic E-state index is 13.9. The lowest BCUT2D eigenvalue weighted by molar-refractivity contribution is -0.117. The molecular formula is C39H40N2O7S. The molecule has 0 radical (unpaired) electrons. The standard InChI is InChI=1S/C39H40N2O7S/c1-39(2,3)22-21-26-7-11-28(12-8-26)33(24-27-9-13-29(14-10-27)35(42)6-5-23-49(44,45)46)37(43)40-31-17-15-30(16-18-31)38-41-34-25-32(47-4)19-20-36(34)48-38/h7-22,25,33H,5-6,23-24H2,1-4H3,(H,40,43)(H,44,45,46)/b22-21+. The molecule has 0 aliphatic carbocycles. The quantitative estimate of drug-likeness (QED) is 0.0935. The first-order valence-electron chi connectivity index (χ1n) is 16.0. The molecule has 0 spiro atoms. The summed E-state index contributed by atoms with van der Waals surface area (Å²) in [5.74, 6) is -0.264. The van der Waals surface area contributed by atoms with Gasteiger partial charge >= 0.3 is 0 Å². The highest BCUT2D eigenvalue weighted by Crippen LogP contribution is 2.29. The van der Waals surface area contributed by atoms with Crippen LogP contribution in [0.2, 0.25) is 0 Å². The van der Waals surface area contributed by atoms with Gasteiger partial charge in [-0.05, 0) is 71.3 Å². The van der Waals surface area contributed by atoms with Crippen molar-refractivity contribution in [1.29, 1.82) is 0 Å².